The van der Waals surface area contributed by atoms with Crippen LogP contribution in [0.1, 0.15) is 76.1 Å². The van der Waals surface area contributed by atoms with Crippen molar-refractivity contribution in [2.45, 2.75) is 75.6 Å². The van der Waals surface area contributed by atoms with E-state index in [-0.39, 0.29) is 28.6 Å². The number of halogens is 2. The molecule has 1 heterocycles. The smallest absolute Gasteiger partial charge is 0.264 e. The van der Waals surface area contributed by atoms with E-state index < -0.39 is 66.7 Å². The lowest BCUT2D eigenvalue weighted by Gasteiger charge is -2.53. The van der Waals surface area contributed by atoms with Crippen molar-refractivity contribution < 1.29 is 22.2 Å². The fourth-order valence-electron chi connectivity index (χ4n) is 6.26. The van der Waals surface area contributed by atoms with Crippen LogP contribution in [0.3, 0.4) is 0 Å². The van der Waals surface area contributed by atoms with Crippen LogP contribution in [-0.4, -0.2) is 46.4 Å². The molecule has 0 spiro atoms. The molecule has 4 rings (SSSR count). The van der Waals surface area contributed by atoms with E-state index >= 15 is 0 Å². The SMILES string of the molecule is CC(C)[C@@H](CS(=N)(=O)C(C)C)N1C(=O)[C@@](C)(CC(=O)NS(=O)(=O)c2ccc(C#N)cc2)C[C@H](c2cccc(Cl)c2)[C@H]1c1ccc(Cl)cc1. The molecular weight excluding hydrogens is 691 g/mol. The first kappa shape index (κ1) is 37.4. The first-order chi connectivity index (χ1) is 22.4. The van der Waals surface area contributed by atoms with Gasteiger partial charge in [0.2, 0.25) is 11.8 Å². The summed E-state index contributed by atoms with van der Waals surface area (Å²) in [4.78, 5) is 30.0. The Balaban J connectivity index is 1.85. The average molecular weight is 732 g/mol. The van der Waals surface area contributed by atoms with Crippen LogP contribution in [0.2, 0.25) is 10.0 Å². The third kappa shape index (κ3) is 8.23. The molecule has 2 N–H and O–H groups in total. The standard InChI is InChI=1S/C35H40Cl2N4O5S2/c1-22(2)31(21-47(39,44)23(3)4)41-33(25-11-13-27(36)14-12-25)30(26-7-6-8-28(37)17-26)18-35(5,34(41)43)19-32(42)40-48(45,46)29-15-9-24(20-38)10-16-29/h6-17,22-23,30-31,33,39H,18-19,21H2,1-5H3,(H,40,42)/t30-,31-,33-,35-,47?/m1/s1. The first-order valence-corrected chi connectivity index (χ1v) is 19.6. The maximum Gasteiger partial charge on any atom is 0.264 e. The van der Waals surface area contributed by atoms with E-state index in [1.807, 2.05) is 44.2 Å². The van der Waals surface area contributed by atoms with E-state index in [1.54, 1.807) is 49.9 Å². The van der Waals surface area contributed by atoms with Crippen molar-refractivity contribution in [2.24, 2.45) is 11.3 Å². The number of sulfonamides is 1. The zero-order valence-electron chi connectivity index (χ0n) is 27.4. The average Bonchev–Trinajstić information content (AvgIpc) is 3.01. The third-order valence-electron chi connectivity index (χ3n) is 8.99. The highest BCUT2D eigenvalue weighted by atomic mass is 35.5. The van der Waals surface area contributed by atoms with Gasteiger partial charge in [-0.05, 0) is 72.0 Å². The minimum Gasteiger partial charge on any atom is -0.330 e. The molecule has 1 fully saturated rings. The number of piperidine rings is 1. The van der Waals surface area contributed by atoms with E-state index in [2.05, 4.69) is 4.72 Å². The van der Waals surface area contributed by atoms with Gasteiger partial charge in [-0.2, -0.15) is 5.26 Å². The molecule has 1 aliphatic rings. The van der Waals surface area contributed by atoms with Gasteiger partial charge in [0.05, 0.1) is 33.7 Å². The van der Waals surface area contributed by atoms with Crippen LogP contribution in [0, 0.1) is 27.4 Å². The normalized spacial score (nSPS) is 21.8. The molecule has 3 aromatic rings. The van der Waals surface area contributed by atoms with Crippen molar-refractivity contribution >= 4 is 54.8 Å². The van der Waals surface area contributed by atoms with Crippen LogP contribution in [-0.2, 0) is 29.3 Å². The summed E-state index contributed by atoms with van der Waals surface area (Å²) < 4.78 is 50.8. The molecular formula is C35H40Cl2N4O5S2. The minimum atomic E-state index is -4.31. The Morgan fingerprint density at radius 3 is 2.17 bits per heavy atom. The van der Waals surface area contributed by atoms with Crippen LogP contribution in [0.15, 0.2) is 77.7 Å². The Hall–Kier alpha value is -3.43. The Morgan fingerprint density at radius 2 is 1.62 bits per heavy atom. The summed E-state index contributed by atoms with van der Waals surface area (Å²) in [6.07, 6.45) is -0.307. The Labute approximate surface area is 293 Å². The van der Waals surface area contributed by atoms with Crippen LogP contribution >= 0.6 is 23.2 Å². The topological polar surface area (TPSA) is 148 Å². The monoisotopic (exact) mass is 730 g/mol. The van der Waals surface area contributed by atoms with E-state index in [4.69, 9.17) is 33.2 Å². The zero-order chi connectivity index (χ0) is 35.6. The van der Waals surface area contributed by atoms with Crippen LogP contribution in [0.4, 0.5) is 0 Å². The number of likely N-dealkylation sites (tertiary alicyclic amines) is 1. The molecule has 0 bridgehead atoms. The van der Waals surface area contributed by atoms with Crippen molar-refractivity contribution in [3.8, 4) is 6.07 Å². The van der Waals surface area contributed by atoms with Gasteiger partial charge in [-0.25, -0.2) is 17.3 Å². The van der Waals surface area contributed by atoms with Crippen molar-refractivity contribution in [1.82, 2.24) is 9.62 Å². The summed E-state index contributed by atoms with van der Waals surface area (Å²) in [7, 11) is -7.46. The number of nitrogens with zero attached hydrogens (tertiary/aromatic N) is 2. The molecule has 0 saturated carbocycles. The molecule has 1 saturated heterocycles. The fraction of sp³-hybridized carbons (Fsp3) is 0.400. The lowest BCUT2D eigenvalue weighted by atomic mass is 9.66. The first-order valence-electron chi connectivity index (χ1n) is 15.5. The number of nitrogens with one attached hydrogen (secondary N) is 2. The molecule has 256 valence electrons. The summed E-state index contributed by atoms with van der Waals surface area (Å²) in [5.74, 6) is -2.04. The second-order valence-corrected chi connectivity index (χ2v) is 18.5. The number of benzene rings is 3. The highest BCUT2D eigenvalue weighted by Gasteiger charge is 2.53. The Bertz CT molecular complexity index is 1930. The van der Waals surface area contributed by atoms with Gasteiger partial charge < -0.3 is 4.90 Å². The molecule has 5 atom stereocenters. The van der Waals surface area contributed by atoms with E-state index in [0.717, 1.165) is 11.1 Å². The zero-order valence-corrected chi connectivity index (χ0v) is 30.6. The largest absolute Gasteiger partial charge is 0.330 e. The lowest BCUT2D eigenvalue weighted by Crippen LogP contribution is -2.59. The number of amides is 2. The second-order valence-electron chi connectivity index (χ2n) is 13.2. The van der Waals surface area contributed by atoms with E-state index in [9.17, 15) is 22.2 Å². The highest BCUT2D eigenvalue weighted by Crippen LogP contribution is 2.52. The van der Waals surface area contributed by atoms with Gasteiger partial charge in [0.15, 0.2) is 0 Å². The molecule has 1 unspecified atom stereocenters. The van der Waals surface area contributed by atoms with Gasteiger partial charge in [0.1, 0.15) is 0 Å². The lowest BCUT2D eigenvalue weighted by molar-refractivity contribution is -0.157. The number of rotatable bonds is 11. The summed E-state index contributed by atoms with van der Waals surface area (Å²) in [6, 6.07) is 20.2. The van der Waals surface area contributed by atoms with Crippen LogP contribution in [0.5, 0.6) is 0 Å². The van der Waals surface area contributed by atoms with Crippen molar-refractivity contribution in [2.75, 3.05) is 5.75 Å². The predicted octanol–water partition coefficient (Wildman–Crippen LogP) is 7.30. The van der Waals surface area contributed by atoms with Gasteiger partial charge >= 0.3 is 0 Å². The minimum absolute atomic E-state index is 0.0875. The molecule has 1 aliphatic heterocycles. The van der Waals surface area contributed by atoms with E-state index in [0.29, 0.717) is 10.0 Å². The maximum absolute atomic E-state index is 14.9. The Kier molecular flexibility index (Phi) is 11.4. The summed E-state index contributed by atoms with van der Waals surface area (Å²) in [6.45, 7) is 8.90. The molecule has 2 amide bonds. The third-order valence-corrected chi connectivity index (χ3v) is 13.2. The predicted molar refractivity (Wildman–Crippen MR) is 189 cm³/mol. The summed E-state index contributed by atoms with van der Waals surface area (Å²) in [5, 5.41) is 9.59. The number of carbonyl (C=O) groups is 2. The summed E-state index contributed by atoms with van der Waals surface area (Å²) >= 11 is 12.7. The maximum atomic E-state index is 14.9. The second kappa shape index (κ2) is 14.6. The number of hydrogen-bond acceptors (Lipinski definition) is 7. The van der Waals surface area contributed by atoms with Crippen molar-refractivity contribution in [1.29, 1.82) is 10.0 Å². The van der Waals surface area contributed by atoms with Crippen molar-refractivity contribution in [3.63, 3.8) is 0 Å². The molecule has 13 heteroatoms. The van der Waals surface area contributed by atoms with Gasteiger partial charge in [0.25, 0.3) is 10.0 Å². The van der Waals surface area contributed by atoms with E-state index in [1.165, 1.54) is 24.3 Å². The molecule has 0 aliphatic carbocycles. The molecule has 0 aromatic heterocycles. The van der Waals surface area contributed by atoms with Crippen LogP contribution in [0.25, 0.3) is 0 Å². The van der Waals surface area contributed by atoms with Gasteiger partial charge in [-0.3, -0.25) is 14.4 Å². The number of hydrogen-bond donors (Lipinski definition) is 2. The molecule has 48 heavy (non-hydrogen) atoms. The van der Waals surface area contributed by atoms with Crippen molar-refractivity contribution in [3.05, 3.63) is 99.5 Å². The Morgan fingerprint density at radius 1 is 1.00 bits per heavy atom. The molecule has 9 nitrogen and oxygen atoms in total. The summed E-state index contributed by atoms with van der Waals surface area (Å²) in [5.41, 5.74) is 0.416. The number of carbonyl (C=O) groups excluding carboxylic acids is 2. The fourth-order valence-corrected chi connectivity index (χ4v) is 9.01. The van der Waals surface area contributed by atoms with Gasteiger partial charge in [-0.1, -0.05) is 82.1 Å². The quantitative estimate of drug-likeness (QED) is 0.212. The molecule has 0 radical (unpaired) electrons. The van der Waals surface area contributed by atoms with Crippen LogP contribution < -0.4 is 4.72 Å². The van der Waals surface area contributed by atoms with Gasteiger partial charge in [-0.15, -0.1) is 0 Å². The highest BCUT2D eigenvalue weighted by molar-refractivity contribution is 7.93. The number of nitriles is 1. The van der Waals surface area contributed by atoms with Gasteiger partial charge in [0, 0.05) is 43.4 Å². The molecule has 3 aromatic carbocycles.